The topological polar surface area (TPSA) is 110 Å². The summed E-state index contributed by atoms with van der Waals surface area (Å²) in [6, 6.07) is 0. The number of ether oxygens (including phenoxy) is 1. The third kappa shape index (κ3) is 4.46. The van der Waals surface area contributed by atoms with Crippen molar-refractivity contribution in [1.29, 1.82) is 0 Å². The molecule has 0 saturated carbocycles. The summed E-state index contributed by atoms with van der Waals surface area (Å²) in [5.41, 5.74) is 0. The molecule has 2 aliphatic rings. The molecule has 0 aromatic heterocycles. The maximum absolute atomic E-state index is 11.5. The smallest absolute Gasteiger partial charge is 0.333 e. The van der Waals surface area contributed by atoms with Crippen molar-refractivity contribution in [1.82, 2.24) is 9.96 Å². The highest BCUT2D eigenvalue weighted by Gasteiger charge is 2.32. The number of carbonyl (C=O) groups excluding carboxylic acids is 5. The predicted octanol–water partition coefficient (Wildman–Crippen LogP) is -0.685. The van der Waals surface area contributed by atoms with Crippen LogP contribution < -0.4 is 0 Å². The Labute approximate surface area is 131 Å². The highest BCUT2D eigenvalue weighted by atomic mass is 16.7. The Morgan fingerprint density at radius 1 is 1.00 bits per heavy atom. The minimum atomic E-state index is -0.689. The second kappa shape index (κ2) is 7.63. The zero-order valence-electron chi connectivity index (χ0n) is 12.4. The van der Waals surface area contributed by atoms with Crippen LogP contribution in [0.2, 0.25) is 0 Å². The molecule has 0 atom stereocenters. The van der Waals surface area contributed by atoms with Crippen LogP contribution in [0, 0.1) is 0 Å². The second-order valence-electron chi connectivity index (χ2n) is 4.92. The van der Waals surface area contributed by atoms with Crippen LogP contribution in [0.5, 0.6) is 0 Å². The van der Waals surface area contributed by atoms with Crippen LogP contribution in [0.3, 0.4) is 0 Å². The highest BCUT2D eigenvalue weighted by molar-refractivity contribution is 6.12. The van der Waals surface area contributed by atoms with E-state index in [9.17, 15) is 24.0 Å². The van der Waals surface area contributed by atoms with Crippen molar-refractivity contribution in [2.45, 2.75) is 25.7 Å². The van der Waals surface area contributed by atoms with Crippen molar-refractivity contribution >= 4 is 29.6 Å². The summed E-state index contributed by atoms with van der Waals surface area (Å²) in [6.45, 7) is 0.532. The van der Waals surface area contributed by atoms with Gasteiger partial charge in [0.2, 0.25) is 0 Å². The molecular weight excluding hydrogens is 308 g/mol. The molecule has 4 amide bonds. The predicted molar refractivity (Wildman–Crippen MR) is 73.1 cm³/mol. The van der Waals surface area contributed by atoms with Crippen molar-refractivity contribution in [2.75, 3.05) is 19.8 Å². The number of carbonyl (C=O) groups is 5. The standard InChI is InChI=1S/C14H16N2O7/c17-10-3-4-11(18)15(10)7-9-22-8-1-2-14(21)23-16-12(19)5-6-13(16)20/h3-4H,1-2,5-9H2. The first kappa shape index (κ1) is 16.8. The van der Waals surface area contributed by atoms with E-state index in [2.05, 4.69) is 4.84 Å². The maximum atomic E-state index is 11.5. The first-order chi connectivity index (χ1) is 11.0. The van der Waals surface area contributed by atoms with Crippen molar-refractivity contribution in [3.8, 4) is 0 Å². The zero-order chi connectivity index (χ0) is 16.8. The number of amides is 4. The first-order valence-corrected chi connectivity index (χ1v) is 7.17. The lowest BCUT2D eigenvalue weighted by atomic mass is 10.3. The molecule has 2 rings (SSSR count). The van der Waals surface area contributed by atoms with E-state index in [0.717, 1.165) is 4.90 Å². The van der Waals surface area contributed by atoms with Gasteiger partial charge in [-0.1, -0.05) is 0 Å². The van der Waals surface area contributed by atoms with E-state index in [1.165, 1.54) is 12.2 Å². The van der Waals surface area contributed by atoms with Gasteiger partial charge in [0.25, 0.3) is 23.6 Å². The van der Waals surface area contributed by atoms with Crippen molar-refractivity contribution < 1.29 is 33.5 Å². The lowest BCUT2D eigenvalue weighted by Crippen LogP contribution is -2.33. The monoisotopic (exact) mass is 324 g/mol. The summed E-state index contributed by atoms with van der Waals surface area (Å²) in [5, 5.41) is 0.501. The molecule has 0 bridgehead atoms. The quantitative estimate of drug-likeness (QED) is 0.429. The molecule has 2 aliphatic heterocycles. The highest BCUT2D eigenvalue weighted by Crippen LogP contribution is 2.12. The van der Waals surface area contributed by atoms with Crippen LogP contribution in [0.1, 0.15) is 25.7 Å². The van der Waals surface area contributed by atoms with E-state index in [4.69, 9.17) is 4.74 Å². The molecule has 2 heterocycles. The Bertz CT molecular complexity index is 535. The van der Waals surface area contributed by atoms with Crippen LogP contribution in [-0.4, -0.2) is 59.3 Å². The van der Waals surface area contributed by atoms with Gasteiger partial charge in [0.15, 0.2) is 0 Å². The SMILES string of the molecule is O=C(CCCOCCN1C(=O)C=CC1=O)ON1C(=O)CCC1=O. The van der Waals surface area contributed by atoms with Crippen LogP contribution in [-0.2, 0) is 33.5 Å². The van der Waals surface area contributed by atoms with Gasteiger partial charge in [0.05, 0.1) is 19.6 Å². The van der Waals surface area contributed by atoms with Gasteiger partial charge in [-0.3, -0.25) is 24.1 Å². The molecule has 9 nitrogen and oxygen atoms in total. The van der Waals surface area contributed by atoms with Gasteiger partial charge in [0.1, 0.15) is 0 Å². The summed E-state index contributed by atoms with van der Waals surface area (Å²) in [7, 11) is 0. The Morgan fingerprint density at radius 2 is 1.61 bits per heavy atom. The van der Waals surface area contributed by atoms with Crippen molar-refractivity contribution in [3.63, 3.8) is 0 Å². The van der Waals surface area contributed by atoms with Crippen LogP contribution >= 0.6 is 0 Å². The molecular formula is C14H16N2O7. The number of imide groups is 2. The van der Waals surface area contributed by atoms with Gasteiger partial charge < -0.3 is 9.57 Å². The van der Waals surface area contributed by atoms with Crippen LogP contribution in [0.4, 0.5) is 0 Å². The van der Waals surface area contributed by atoms with Crippen molar-refractivity contribution in [3.05, 3.63) is 12.2 Å². The Kier molecular flexibility index (Phi) is 5.58. The second-order valence-corrected chi connectivity index (χ2v) is 4.92. The Balaban J connectivity index is 1.54. The van der Waals surface area contributed by atoms with E-state index in [1.54, 1.807) is 0 Å². The fourth-order valence-electron chi connectivity index (χ4n) is 2.03. The normalized spacial score (nSPS) is 17.6. The van der Waals surface area contributed by atoms with Crippen molar-refractivity contribution in [2.24, 2.45) is 0 Å². The summed E-state index contributed by atoms with van der Waals surface area (Å²) >= 11 is 0. The molecule has 9 heteroatoms. The van der Waals surface area contributed by atoms with E-state index < -0.39 is 17.8 Å². The fraction of sp³-hybridized carbons (Fsp3) is 0.500. The average molecular weight is 324 g/mol. The van der Waals surface area contributed by atoms with Crippen LogP contribution in [0.15, 0.2) is 12.2 Å². The van der Waals surface area contributed by atoms with E-state index >= 15 is 0 Å². The van der Waals surface area contributed by atoms with Crippen LogP contribution in [0.25, 0.3) is 0 Å². The average Bonchev–Trinajstić information content (AvgIpc) is 3.00. The number of hydroxylamine groups is 2. The molecule has 0 radical (unpaired) electrons. The third-order valence-electron chi connectivity index (χ3n) is 3.23. The van der Waals surface area contributed by atoms with Gasteiger partial charge in [0, 0.05) is 31.6 Å². The maximum Gasteiger partial charge on any atom is 0.333 e. The van der Waals surface area contributed by atoms with Gasteiger partial charge in [-0.15, -0.1) is 5.06 Å². The first-order valence-electron chi connectivity index (χ1n) is 7.17. The molecule has 0 N–H and O–H groups in total. The van der Waals surface area contributed by atoms with E-state index in [0.29, 0.717) is 11.5 Å². The van der Waals surface area contributed by atoms with Gasteiger partial charge in [-0.05, 0) is 6.42 Å². The molecule has 1 fully saturated rings. The molecule has 124 valence electrons. The van der Waals surface area contributed by atoms with E-state index in [-0.39, 0.29) is 50.8 Å². The molecule has 23 heavy (non-hydrogen) atoms. The fourth-order valence-corrected chi connectivity index (χ4v) is 2.03. The number of hydrogen-bond donors (Lipinski definition) is 0. The minimum Gasteiger partial charge on any atom is -0.380 e. The molecule has 0 unspecified atom stereocenters. The summed E-state index contributed by atoms with van der Waals surface area (Å²) in [6.07, 6.45) is 2.81. The molecule has 0 aromatic rings. The lowest BCUT2D eigenvalue weighted by molar-refractivity contribution is -0.197. The van der Waals surface area contributed by atoms with Gasteiger partial charge in [-0.2, -0.15) is 0 Å². The Morgan fingerprint density at radius 3 is 2.22 bits per heavy atom. The Hall–Kier alpha value is -2.55. The third-order valence-corrected chi connectivity index (χ3v) is 3.23. The van der Waals surface area contributed by atoms with E-state index in [1.807, 2.05) is 0 Å². The summed E-state index contributed by atoms with van der Waals surface area (Å²) < 4.78 is 5.23. The van der Waals surface area contributed by atoms with Gasteiger partial charge >= 0.3 is 5.97 Å². The van der Waals surface area contributed by atoms with Gasteiger partial charge in [-0.25, -0.2) is 4.79 Å². The number of rotatable bonds is 8. The number of nitrogens with zero attached hydrogens (tertiary/aromatic N) is 2. The minimum absolute atomic E-state index is 0.0137. The summed E-state index contributed by atoms with van der Waals surface area (Å²) in [4.78, 5) is 62.2. The molecule has 1 saturated heterocycles. The largest absolute Gasteiger partial charge is 0.380 e. The zero-order valence-corrected chi connectivity index (χ0v) is 12.4. The summed E-state index contributed by atoms with van der Waals surface area (Å²) in [5.74, 6) is -2.48. The molecule has 0 aromatic carbocycles. The number of hydrogen-bond acceptors (Lipinski definition) is 7. The molecule has 0 aliphatic carbocycles. The lowest BCUT2D eigenvalue weighted by Gasteiger charge is -2.14. The molecule has 0 spiro atoms.